The highest BCUT2D eigenvalue weighted by atomic mass is 19.1. The third-order valence-electron chi connectivity index (χ3n) is 5.33. The van der Waals surface area contributed by atoms with Crippen molar-refractivity contribution in [3.05, 3.63) is 100 Å². The van der Waals surface area contributed by atoms with E-state index in [1.807, 2.05) is 0 Å². The van der Waals surface area contributed by atoms with Crippen LogP contribution in [0.4, 0.5) is 15.8 Å². The number of nitrogens with one attached hydrogen (secondary N) is 1. The number of fused-ring (bicyclic) bond motifs is 2. The first-order chi connectivity index (χ1) is 16.0. The number of halogens is 1. The molecule has 0 spiro atoms. The van der Waals surface area contributed by atoms with E-state index in [0.717, 1.165) is 0 Å². The number of rotatable bonds is 4. The van der Waals surface area contributed by atoms with E-state index in [4.69, 9.17) is 9.15 Å². The van der Waals surface area contributed by atoms with Gasteiger partial charge in [-0.3, -0.25) is 9.59 Å². The van der Waals surface area contributed by atoms with Crippen LogP contribution < -0.4 is 20.6 Å². The molecule has 4 aromatic rings. The molecule has 1 N–H and O–H groups in total. The van der Waals surface area contributed by atoms with Gasteiger partial charge in [0.2, 0.25) is 0 Å². The topological polar surface area (TPSA) is 88.8 Å². The van der Waals surface area contributed by atoms with Gasteiger partial charge in [0.25, 0.3) is 11.8 Å². The molecule has 33 heavy (non-hydrogen) atoms. The van der Waals surface area contributed by atoms with Crippen LogP contribution in [-0.4, -0.2) is 18.4 Å². The molecule has 8 heteroatoms. The number of carbonyl (C=O) groups is 2. The monoisotopic (exact) mass is 444 g/mol. The number of hydrogen-bond donors (Lipinski definition) is 1. The fraction of sp³-hybridized carbons (Fsp3) is 0.0800. The second-order valence-corrected chi connectivity index (χ2v) is 7.48. The molecule has 0 aliphatic carbocycles. The number of para-hydroxylation sites is 1. The summed E-state index contributed by atoms with van der Waals surface area (Å²) >= 11 is 0. The Balaban J connectivity index is 1.41. The molecule has 0 fully saturated rings. The summed E-state index contributed by atoms with van der Waals surface area (Å²) in [7, 11) is 0. The molecule has 2 heterocycles. The van der Waals surface area contributed by atoms with E-state index in [1.54, 1.807) is 60.7 Å². The molecule has 164 valence electrons. The van der Waals surface area contributed by atoms with Gasteiger partial charge >= 0.3 is 5.63 Å². The third-order valence-corrected chi connectivity index (χ3v) is 5.33. The second-order valence-electron chi connectivity index (χ2n) is 7.48. The van der Waals surface area contributed by atoms with Crippen molar-refractivity contribution in [2.24, 2.45) is 0 Å². The number of carbonyl (C=O) groups excluding carboxylic acids is 2. The lowest BCUT2D eigenvalue weighted by atomic mass is 10.1. The maximum absolute atomic E-state index is 14.1. The minimum atomic E-state index is -0.748. The van der Waals surface area contributed by atoms with Gasteiger partial charge in [-0.15, -0.1) is 0 Å². The van der Waals surface area contributed by atoms with Crippen LogP contribution in [0.25, 0.3) is 11.0 Å². The molecule has 0 atom stereocenters. The average molecular weight is 444 g/mol. The van der Waals surface area contributed by atoms with E-state index in [2.05, 4.69) is 5.32 Å². The molecular weight excluding hydrogens is 427 g/mol. The van der Waals surface area contributed by atoms with E-state index >= 15 is 0 Å². The quantitative estimate of drug-likeness (QED) is 0.479. The van der Waals surface area contributed by atoms with Crippen LogP contribution in [0.2, 0.25) is 0 Å². The Kier molecular flexibility index (Phi) is 5.10. The maximum atomic E-state index is 14.1. The van der Waals surface area contributed by atoms with Gasteiger partial charge in [0, 0.05) is 22.7 Å². The van der Waals surface area contributed by atoms with Crippen molar-refractivity contribution in [1.82, 2.24) is 0 Å². The van der Waals surface area contributed by atoms with E-state index < -0.39 is 17.3 Å². The molecule has 7 nitrogen and oxygen atoms in total. The zero-order valence-electron chi connectivity index (χ0n) is 17.2. The summed E-state index contributed by atoms with van der Waals surface area (Å²) < 4.78 is 24.8. The third kappa shape index (κ3) is 3.94. The minimum absolute atomic E-state index is 0.0473. The summed E-state index contributed by atoms with van der Waals surface area (Å²) in [5, 5.41) is 3.28. The summed E-state index contributed by atoms with van der Waals surface area (Å²) in [6, 6.07) is 19.3. The van der Waals surface area contributed by atoms with Gasteiger partial charge in [-0.25, -0.2) is 9.18 Å². The first-order valence-corrected chi connectivity index (χ1v) is 10.1. The van der Waals surface area contributed by atoms with Gasteiger partial charge in [-0.2, -0.15) is 0 Å². The summed E-state index contributed by atoms with van der Waals surface area (Å²) in [4.78, 5) is 38.8. The van der Waals surface area contributed by atoms with Crippen LogP contribution in [0, 0.1) is 5.82 Å². The number of ether oxygens (including phenoxy) is 1. The lowest BCUT2D eigenvalue weighted by Gasteiger charge is -2.30. The van der Waals surface area contributed by atoms with Crippen molar-refractivity contribution in [3.8, 4) is 5.75 Å². The number of anilines is 2. The van der Waals surface area contributed by atoms with E-state index in [9.17, 15) is 18.8 Å². The van der Waals surface area contributed by atoms with Crippen LogP contribution in [0.1, 0.15) is 15.9 Å². The summed E-state index contributed by atoms with van der Waals surface area (Å²) in [5.41, 5.74) is 0.704. The van der Waals surface area contributed by atoms with Gasteiger partial charge in [0.05, 0.1) is 12.2 Å². The Morgan fingerprint density at radius 3 is 2.64 bits per heavy atom. The fourth-order valence-corrected chi connectivity index (χ4v) is 3.67. The molecular formula is C25H17FN2O5. The zero-order chi connectivity index (χ0) is 22.9. The zero-order valence-corrected chi connectivity index (χ0v) is 17.2. The molecule has 0 saturated heterocycles. The Labute approximate surface area is 187 Å². The Bertz CT molecular complexity index is 1460. The van der Waals surface area contributed by atoms with Crippen molar-refractivity contribution in [2.45, 2.75) is 6.54 Å². The van der Waals surface area contributed by atoms with Crippen molar-refractivity contribution in [3.63, 3.8) is 0 Å². The van der Waals surface area contributed by atoms with Crippen molar-refractivity contribution < 1.29 is 23.1 Å². The fourth-order valence-electron chi connectivity index (χ4n) is 3.67. The largest absolute Gasteiger partial charge is 0.481 e. The van der Waals surface area contributed by atoms with Crippen molar-refractivity contribution >= 4 is 34.2 Å². The van der Waals surface area contributed by atoms with Crippen molar-refractivity contribution in [1.29, 1.82) is 0 Å². The molecule has 0 saturated carbocycles. The van der Waals surface area contributed by atoms with Crippen LogP contribution >= 0.6 is 0 Å². The SMILES string of the molecule is O=C(Nc1ccc2c(c1)OCC(=O)N2Cc1ccccc1F)c1cc2ccccc2oc1=O. The summed E-state index contributed by atoms with van der Waals surface area (Å²) in [6.07, 6.45) is 0. The lowest BCUT2D eigenvalue weighted by molar-refractivity contribution is -0.121. The first kappa shape index (κ1) is 20.4. The van der Waals surface area contributed by atoms with Gasteiger partial charge in [0.1, 0.15) is 22.7 Å². The van der Waals surface area contributed by atoms with E-state index in [0.29, 0.717) is 33.7 Å². The van der Waals surface area contributed by atoms with Gasteiger partial charge in [0.15, 0.2) is 6.61 Å². The van der Waals surface area contributed by atoms with Crippen LogP contribution in [0.3, 0.4) is 0 Å². The Hall–Kier alpha value is -4.46. The predicted molar refractivity (Wildman–Crippen MR) is 120 cm³/mol. The minimum Gasteiger partial charge on any atom is -0.481 e. The molecule has 2 amide bonds. The smallest absolute Gasteiger partial charge is 0.349 e. The molecule has 0 radical (unpaired) electrons. The van der Waals surface area contributed by atoms with Crippen molar-refractivity contribution in [2.75, 3.05) is 16.8 Å². The predicted octanol–water partition coefficient (Wildman–Crippen LogP) is 4.11. The number of benzene rings is 3. The van der Waals surface area contributed by atoms with Gasteiger partial charge < -0.3 is 19.4 Å². The summed E-state index contributed by atoms with van der Waals surface area (Å²) in [6.45, 7) is -0.168. The van der Waals surface area contributed by atoms with Crippen LogP contribution in [0.5, 0.6) is 5.75 Å². The lowest BCUT2D eigenvalue weighted by Crippen LogP contribution is -2.38. The maximum Gasteiger partial charge on any atom is 0.349 e. The molecule has 0 bridgehead atoms. The highest BCUT2D eigenvalue weighted by molar-refractivity contribution is 6.06. The molecule has 3 aromatic carbocycles. The Morgan fingerprint density at radius 2 is 1.79 bits per heavy atom. The standard InChI is InChI=1S/C25H17FN2O5/c26-19-7-3-1-6-16(19)13-28-20-10-9-17(12-22(20)32-14-23(28)29)27-24(30)18-11-15-5-2-4-8-21(15)33-25(18)31/h1-12H,13-14H2,(H,27,30). The Morgan fingerprint density at radius 1 is 1.00 bits per heavy atom. The second kappa shape index (κ2) is 8.23. The molecule has 1 aliphatic rings. The van der Waals surface area contributed by atoms with Gasteiger partial charge in [-0.05, 0) is 30.3 Å². The molecule has 1 aliphatic heterocycles. The molecule has 0 unspecified atom stereocenters. The van der Waals surface area contributed by atoms with Crippen LogP contribution in [0.15, 0.2) is 82.0 Å². The highest BCUT2D eigenvalue weighted by Gasteiger charge is 2.27. The van der Waals surface area contributed by atoms with Gasteiger partial charge in [-0.1, -0.05) is 36.4 Å². The number of nitrogens with zero attached hydrogens (tertiary/aromatic N) is 1. The van der Waals surface area contributed by atoms with Crippen LogP contribution in [-0.2, 0) is 11.3 Å². The normalized spacial score (nSPS) is 12.9. The van der Waals surface area contributed by atoms with E-state index in [1.165, 1.54) is 17.0 Å². The molecule has 1 aromatic heterocycles. The summed E-state index contributed by atoms with van der Waals surface area (Å²) in [5.74, 6) is -0.994. The number of amides is 2. The average Bonchev–Trinajstić information content (AvgIpc) is 2.81. The van der Waals surface area contributed by atoms with E-state index in [-0.39, 0.29) is 24.6 Å². The molecule has 5 rings (SSSR count). The highest BCUT2D eigenvalue weighted by Crippen LogP contribution is 2.35. The number of hydrogen-bond acceptors (Lipinski definition) is 5. The first-order valence-electron chi connectivity index (χ1n) is 10.1.